The van der Waals surface area contributed by atoms with Gasteiger partial charge in [-0.15, -0.1) is 0 Å². The highest BCUT2D eigenvalue weighted by molar-refractivity contribution is 7.88. The molecule has 1 unspecified atom stereocenters. The molecule has 1 aliphatic rings. The Morgan fingerprint density at radius 1 is 1.37 bits per heavy atom. The molecule has 6 heteroatoms. The molecule has 0 amide bonds. The number of carboxylic acids is 1. The lowest BCUT2D eigenvalue weighted by Crippen LogP contribution is -2.50. The van der Waals surface area contributed by atoms with E-state index in [0.717, 1.165) is 4.31 Å². The van der Waals surface area contributed by atoms with Crippen molar-refractivity contribution in [2.24, 2.45) is 0 Å². The molecule has 19 heavy (non-hydrogen) atoms. The Labute approximate surface area is 112 Å². The van der Waals surface area contributed by atoms with Gasteiger partial charge >= 0.3 is 5.97 Å². The van der Waals surface area contributed by atoms with Crippen LogP contribution >= 0.6 is 0 Å². The van der Waals surface area contributed by atoms with Gasteiger partial charge in [-0.25, -0.2) is 8.42 Å². The second-order valence-electron chi connectivity index (χ2n) is 5.00. The predicted octanol–water partition coefficient (Wildman–Crippen LogP) is 1.46. The van der Waals surface area contributed by atoms with Gasteiger partial charge in [0.05, 0.1) is 5.75 Å². The highest BCUT2D eigenvalue weighted by Gasteiger charge is 2.49. The number of hydrogen-bond donors (Lipinski definition) is 1. The molecule has 0 aromatic heterocycles. The van der Waals surface area contributed by atoms with Crippen LogP contribution in [0.4, 0.5) is 0 Å². The predicted molar refractivity (Wildman–Crippen MR) is 71.0 cm³/mol. The molecule has 2 rings (SSSR count). The second-order valence-corrected chi connectivity index (χ2v) is 6.89. The van der Waals surface area contributed by atoms with Gasteiger partial charge in [0.1, 0.15) is 5.54 Å². The maximum atomic E-state index is 12.4. The normalized spacial score (nSPS) is 24.5. The van der Waals surface area contributed by atoms with Crippen molar-refractivity contribution in [3.05, 3.63) is 35.9 Å². The Hall–Kier alpha value is -1.40. The fourth-order valence-corrected chi connectivity index (χ4v) is 4.42. The summed E-state index contributed by atoms with van der Waals surface area (Å²) in [7, 11) is -3.61. The fraction of sp³-hybridized carbons (Fsp3) is 0.462. The lowest BCUT2D eigenvalue weighted by molar-refractivity contribution is -0.146. The average Bonchev–Trinajstić information content (AvgIpc) is 2.74. The van der Waals surface area contributed by atoms with Crippen molar-refractivity contribution in [1.82, 2.24) is 4.31 Å². The van der Waals surface area contributed by atoms with E-state index in [1.165, 1.54) is 6.92 Å². The summed E-state index contributed by atoms with van der Waals surface area (Å²) >= 11 is 0. The van der Waals surface area contributed by atoms with E-state index in [4.69, 9.17) is 0 Å². The molecule has 1 fully saturated rings. The first-order valence-corrected chi connectivity index (χ1v) is 7.75. The highest BCUT2D eigenvalue weighted by Crippen LogP contribution is 2.33. The second kappa shape index (κ2) is 4.94. The van der Waals surface area contributed by atoms with Crippen molar-refractivity contribution in [1.29, 1.82) is 0 Å². The largest absolute Gasteiger partial charge is 0.480 e. The molecule has 1 aliphatic heterocycles. The quantitative estimate of drug-likeness (QED) is 0.907. The Morgan fingerprint density at radius 2 is 2.00 bits per heavy atom. The number of aliphatic carboxylic acids is 1. The molecule has 0 radical (unpaired) electrons. The van der Waals surface area contributed by atoms with Gasteiger partial charge in [0.15, 0.2) is 0 Å². The van der Waals surface area contributed by atoms with Crippen molar-refractivity contribution in [3.63, 3.8) is 0 Å². The van der Waals surface area contributed by atoms with Crippen LogP contribution in [-0.4, -0.2) is 35.9 Å². The summed E-state index contributed by atoms with van der Waals surface area (Å²) in [5.41, 5.74) is -0.643. The van der Waals surface area contributed by atoms with Gasteiger partial charge in [-0.1, -0.05) is 30.3 Å². The summed E-state index contributed by atoms with van der Waals surface area (Å²) in [6.07, 6.45) is 0.938. The first-order valence-electron chi connectivity index (χ1n) is 6.14. The van der Waals surface area contributed by atoms with Crippen LogP contribution in [-0.2, 0) is 20.6 Å². The molecule has 1 atom stereocenters. The highest BCUT2D eigenvalue weighted by atomic mass is 32.2. The zero-order valence-corrected chi connectivity index (χ0v) is 11.6. The van der Waals surface area contributed by atoms with Gasteiger partial charge in [0, 0.05) is 6.54 Å². The summed E-state index contributed by atoms with van der Waals surface area (Å²) in [5, 5.41) is 9.27. The molecule has 5 nitrogen and oxygen atoms in total. The van der Waals surface area contributed by atoms with E-state index in [2.05, 4.69) is 0 Å². The zero-order valence-electron chi connectivity index (χ0n) is 10.7. The SMILES string of the molecule is CC1(C(=O)O)CCCN1S(=O)(=O)Cc1ccccc1. The van der Waals surface area contributed by atoms with E-state index in [-0.39, 0.29) is 12.3 Å². The number of benzene rings is 1. The third-order valence-corrected chi connectivity index (χ3v) is 5.52. The van der Waals surface area contributed by atoms with Crippen molar-refractivity contribution >= 4 is 16.0 Å². The topological polar surface area (TPSA) is 74.7 Å². The van der Waals surface area contributed by atoms with Crippen LogP contribution in [0.15, 0.2) is 30.3 Å². The first-order chi connectivity index (χ1) is 8.86. The monoisotopic (exact) mass is 283 g/mol. The maximum absolute atomic E-state index is 12.4. The first kappa shape index (κ1) is 14.0. The number of carboxylic acid groups (broad SMARTS) is 1. The van der Waals surface area contributed by atoms with Crippen molar-refractivity contribution in [3.8, 4) is 0 Å². The van der Waals surface area contributed by atoms with E-state index >= 15 is 0 Å². The number of rotatable bonds is 4. The van der Waals surface area contributed by atoms with Crippen LogP contribution in [0.2, 0.25) is 0 Å². The third-order valence-electron chi connectivity index (χ3n) is 3.56. The van der Waals surface area contributed by atoms with Crippen LogP contribution < -0.4 is 0 Å². The van der Waals surface area contributed by atoms with Gasteiger partial charge < -0.3 is 5.11 Å². The van der Waals surface area contributed by atoms with E-state index < -0.39 is 21.5 Å². The smallest absolute Gasteiger partial charge is 0.324 e. The fourth-order valence-electron chi connectivity index (χ4n) is 2.46. The van der Waals surface area contributed by atoms with E-state index in [0.29, 0.717) is 18.4 Å². The number of hydrogen-bond acceptors (Lipinski definition) is 3. The Bertz CT molecular complexity index is 570. The summed E-state index contributed by atoms with van der Waals surface area (Å²) in [5.74, 6) is -1.24. The van der Waals surface area contributed by atoms with Crippen molar-refractivity contribution < 1.29 is 18.3 Å². The van der Waals surface area contributed by atoms with Crippen LogP contribution in [0.1, 0.15) is 25.3 Å². The molecule has 1 heterocycles. The average molecular weight is 283 g/mol. The molecule has 0 saturated carbocycles. The molecule has 0 aliphatic carbocycles. The lowest BCUT2D eigenvalue weighted by atomic mass is 10.0. The van der Waals surface area contributed by atoms with E-state index in [1.807, 2.05) is 6.07 Å². The van der Waals surface area contributed by atoms with Crippen LogP contribution in [0.25, 0.3) is 0 Å². The van der Waals surface area contributed by atoms with Gasteiger partial charge in [-0.2, -0.15) is 4.31 Å². The standard InChI is InChI=1S/C13H17NO4S/c1-13(12(15)16)8-5-9-14(13)19(17,18)10-11-6-3-2-4-7-11/h2-4,6-7H,5,8-10H2,1H3,(H,15,16). The molecule has 0 bridgehead atoms. The van der Waals surface area contributed by atoms with Crippen LogP contribution in [0.5, 0.6) is 0 Å². The lowest BCUT2D eigenvalue weighted by Gasteiger charge is -2.30. The van der Waals surface area contributed by atoms with E-state index in [1.54, 1.807) is 24.3 Å². The number of carbonyl (C=O) groups is 1. The van der Waals surface area contributed by atoms with Crippen LogP contribution in [0, 0.1) is 0 Å². The molecular formula is C13H17NO4S. The Kier molecular flexibility index (Phi) is 3.64. The molecule has 1 saturated heterocycles. The van der Waals surface area contributed by atoms with Gasteiger partial charge in [0.25, 0.3) is 0 Å². The number of nitrogens with zero attached hydrogens (tertiary/aromatic N) is 1. The van der Waals surface area contributed by atoms with Crippen molar-refractivity contribution in [2.75, 3.05) is 6.54 Å². The zero-order chi connectivity index (χ0) is 14.1. The minimum atomic E-state index is -3.61. The van der Waals surface area contributed by atoms with E-state index in [9.17, 15) is 18.3 Å². The maximum Gasteiger partial charge on any atom is 0.324 e. The summed E-state index contributed by atoms with van der Waals surface area (Å²) < 4.78 is 25.9. The summed E-state index contributed by atoms with van der Waals surface area (Å²) in [6, 6.07) is 8.81. The van der Waals surface area contributed by atoms with Gasteiger partial charge in [-0.05, 0) is 25.3 Å². The minimum absolute atomic E-state index is 0.156. The Morgan fingerprint density at radius 3 is 2.58 bits per heavy atom. The Balaban J connectivity index is 2.27. The number of sulfonamides is 1. The molecule has 0 spiro atoms. The van der Waals surface area contributed by atoms with Gasteiger partial charge in [-0.3, -0.25) is 4.79 Å². The third kappa shape index (κ3) is 2.64. The summed E-state index contributed by atoms with van der Waals surface area (Å²) in [6.45, 7) is 1.75. The molecular weight excluding hydrogens is 266 g/mol. The molecule has 1 aromatic carbocycles. The van der Waals surface area contributed by atoms with Crippen LogP contribution in [0.3, 0.4) is 0 Å². The summed E-state index contributed by atoms with van der Waals surface area (Å²) in [4.78, 5) is 11.3. The minimum Gasteiger partial charge on any atom is -0.480 e. The van der Waals surface area contributed by atoms with Gasteiger partial charge in [0.2, 0.25) is 10.0 Å². The molecule has 1 aromatic rings. The molecule has 104 valence electrons. The molecule has 1 N–H and O–H groups in total. The van der Waals surface area contributed by atoms with Crippen molar-refractivity contribution in [2.45, 2.75) is 31.1 Å².